The van der Waals surface area contributed by atoms with E-state index < -0.39 is 0 Å². The summed E-state index contributed by atoms with van der Waals surface area (Å²) in [7, 11) is 0. The van der Waals surface area contributed by atoms with Gasteiger partial charge in [0.2, 0.25) is 0 Å². The van der Waals surface area contributed by atoms with Crippen LogP contribution in [0.4, 0.5) is 0 Å². The van der Waals surface area contributed by atoms with Gasteiger partial charge in [0.25, 0.3) is 5.91 Å². The van der Waals surface area contributed by atoms with Crippen LogP contribution in [0.5, 0.6) is 0 Å². The molecule has 4 nitrogen and oxygen atoms in total. The minimum Gasteiger partial charge on any atom is -0.383 e. The van der Waals surface area contributed by atoms with E-state index in [0.29, 0.717) is 18.2 Å². The molecule has 2 aliphatic rings. The highest BCUT2D eigenvalue weighted by molar-refractivity contribution is 14.1. The van der Waals surface area contributed by atoms with Crippen molar-refractivity contribution in [1.29, 1.82) is 0 Å². The molecule has 1 aromatic carbocycles. The number of carbonyl (C=O) groups excluding carboxylic acids is 1. The lowest BCUT2D eigenvalue weighted by molar-refractivity contribution is 0.0634. The molecule has 2 heterocycles. The van der Waals surface area contributed by atoms with Gasteiger partial charge in [-0.05, 0) is 65.5 Å². The summed E-state index contributed by atoms with van der Waals surface area (Å²) in [4.78, 5) is 19.9. The third-order valence-electron chi connectivity index (χ3n) is 5.58. The monoisotopic (exact) mass is 515 g/mol. The Hall–Kier alpha value is -2.15. The number of rotatable bonds is 8. The van der Waals surface area contributed by atoms with E-state index in [9.17, 15) is 4.79 Å². The SMILES string of the molecule is C=C(I)/C=C\C1=CCC(N2C(=O)c3ccccc3C2CC(=C)CCC(C)C)N=C1N. The average molecular weight is 515 g/mol. The van der Waals surface area contributed by atoms with Gasteiger partial charge in [-0.15, -0.1) is 0 Å². The van der Waals surface area contributed by atoms with Crippen molar-refractivity contribution in [3.05, 3.63) is 81.5 Å². The molecule has 1 amide bonds. The number of nitrogens with two attached hydrogens (primary N) is 1. The first-order chi connectivity index (χ1) is 14.3. The summed E-state index contributed by atoms with van der Waals surface area (Å²) in [5.41, 5.74) is 10.1. The highest BCUT2D eigenvalue weighted by Crippen LogP contribution is 2.41. The van der Waals surface area contributed by atoms with E-state index in [1.807, 2.05) is 35.3 Å². The van der Waals surface area contributed by atoms with Crippen LogP contribution >= 0.6 is 22.6 Å². The number of benzene rings is 1. The highest BCUT2D eigenvalue weighted by atomic mass is 127. The van der Waals surface area contributed by atoms with Crippen LogP contribution in [0.3, 0.4) is 0 Å². The maximum Gasteiger partial charge on any atom is 0.256 e. The average Bonchev–Trinajstić information content (AvgIpc) is 2.97. The molecular weight excluding hydrogens is 485 g/mol. The minimum atomic E-state index is -0.298. The molecule has 0 fully saturated rings. The van der Waals surface area contributed by atoms with Gasteiger partial charge < -0.3 is 10.6 Å². The zero-order valence-electron chi connectivity index (χ0n) is 17.8. The van der Waals surface area contributed by atoms with Gasteiger partial charge >= 0.3 is 0 Å². The topological polar surface area (TPSA) is 58.7 Å². The molecule has 2 aliphatic heterocycles. The molecule has 3 rings (SSSR count). The Morgan fingerprint density at radius 1 is 1.37 bits per heavy atom. The molecule has 0 saturated heterocycles. The molecule has 158 valence electrons. The van der Waals surface area contributed by atoms with Crippen LogP contribution in [0.15, 0.2) is 75.4 Å². The number of allylic oxidation sites excluding steroid dienone is 2. The van der Waals surface area contributed by atoms with E-state index >= 15 is 0 Å². The Morgan fingerprint density at radius 3 is 2.77 bits per heavy atom. The molecule has 0 saturated carbocycles. The van der Waals surface area contributed by atoms with Gasteiger partial charge in [-0.2, -0.15) is 0 Å². The van der Waals surface area contributed by atoms with Crippen molar-refractivity contribution in [2.75, 3.05) is 0 Å². The number of hydrogen-bond acceptors (Lipinski definition) is 3. The van der Waals surface area contributed by atoms with Crippen LogP contribution in [0.2, 0.25) is 0 Å². The predicted molar refractivity (Wildman–Crippen MR) is 134 cm³/mol. The van der Waals surface area contributed by atoms with Gasteiger partial charge in [0, 0.05) is 21.1 Å². The first-order valence-corrected chi connectivity index (χ1v) is 11.5. The van der Waals surface area contributed by atoms with Crippen molar-refractivity contribution in [2.24, 2.45) is 16.6 Å². The second-order valence-corrected chi connectivity index (χ2v) is 9.76. The van der Waals surface area contributed by atoms with Gasteiger partial charge in [-0.25, -0.2) is 4.99 Å². The number of carbonyl (C=O) groups is 1. The second kappa shape index (κ2) is 9.77. The minimum absolute atomic E-state index is 0.0295. The molecule has 0 spiro atoms. The van der Waals surface area contributed by atoms with E-state index in [4.69, 9.17) is 10.7 Å². The van der Waals surface area contributed by atoms with Crippen LogP contribution in [0.25, 0.3) is 0 Å². The summed E-state index contributed by atoms with van der Waals surface area (Å²) in [6.45, 7) is 12.6. The van der Waals surface area contributed by atoms with E-state index in [1.54, 1.807) is 0 Å². The van der Waals surface area contributed by atoms with Crippen LogP contribution < -0.4 is 5.73 Å². The lowest BCUT2D eigenvalue weighted by Gasteiger charge is -2.33. The number of hydrogen-bond donors (Lipinski definition) is 1. The molecule has 0 radical (unpaired) electrons. The highest BCUT2D eigenvalue weighted by Gasteiger charge is 2.41. The van der Waals surface area contributed by atoms with Gasteiger partial charge in [0.15, 0.2) is 0 Å². The van der Waals surface area contributed by atoms with Gasteiger partial charge in [-0.3, -0.25) is 4.79 Å². The summed E-state index contributed by atoms with van der Waals surface area (Å²) >= 11 is 2.16. The molecule has 0 aliphatic carbocycles. The number of halogens is 1. The molecular formula is C25H30IN3O. The lowest BCUT2D eigenvalue weighted by atomic mass is 9.94. The quantitative estimate of drug-likeness (QED) is 0.259. The number of dihydropyridines is 1. The van der Waals surface area contributed by atoms with Crippen LogP contribution in [-0.2, 0) is 0 Å². The van der Waals surface area contributed by atoms with Crippen molar-refractivity contribution < 1.29 is 4.79 Å². The Balaban J connectivity index is 1.84. The predicted octanol–water partition coefficient (Wildman–Crippen LogP) is 6.08. The first-order valence-electron chi connectivity index (χ1n) is 10.4. The van der Waals surface area contributed by atoms with Crippen molar-refractivity contribution in [3.8, 4) is 0 Å². The summed E-state index contributed by atoms with van der Waals surface area (Å²) in [5.74, 6) is 1.12. The zero-order valence-corrected chi connectivity index (χ0v) is 19.9. The van der Waals surface area contributed by atoms with Crippen LogP contribution in [-0.4, -0.2) is 22.8 Å². The van der Waals surface area contributed by atoms with Gasteiger partial charge in [-0.1, -0.05) is 62.9 Å². The Bertz CT molecular complexity index is 941. The largest absolute Gasteiger partial charge is 0.383 e. The van der Waals surface area contributed by atoms with Gasteiger partial charge in [0.05, 0.1) is 6.04 Å². The zero-order chi connectivity index (χ0) is 21.8. The summed E-state index contributed by atoms with van der Waals surface area (Å²) < 4.78 is 0.925. The second-order valence-electron chi connectivity index (χ2n) is 8.37. The van der Waals surface area contributed by atoms with Crippen molar-refractivity contribution in [2.45, 2.75) is 51.7 Å². The van der Waals surface area contributed by atoms with Crippen LogP contribution in [0.1, 0.15) is 61.5 Å². The number of amides is 1. The Kier molecular flexibility index (Phi) is 7.34. The molecule has 2 unspecified atom stereocenters. The fourth-order valence-corrected chi connectivity index (χ4v) is 4.15. The maximum absolute atomic E-state index is 13.3. The smallest absolute Gasteiger partial charge is 0.256 e. The third kappa shape index (κ3) is 5.12. The van der Waals surface area contributed by atoms with Gasteiger partial charge in [0.1, 0.15) is 12.0 Å². The maximum atomic E-state index is 13.3. The Labute approximate surface area is 193 Å². The summed E-state index contributed by atoms with van der Waals surface area (Å²) in [5, 5.41) is 0. The molecule has 1 aromatic rings. The molecule has 5 heteroatoms. The van der Waals surface area contributed by atoms with Crippen LogP contribution in [0, 0.1) is 5.92 Å². The number of amidine groups is 1. The Morgan fingerprint density at radius 2 is 2.10 bits per heavy atom. The van der Waals surface area contributed by atoms with Crippen molar-refractivity contribution >= 4 is 34.3 Å². The standard InChI is InChI=1S/C25H30IN3O/c1-16(2)9-10-17(3)15-22-20-7-5-6-8-21(20)25(30)29(22)23-14-13-19(24(27)28-23)12-11-18(4)26/h5-8,11-13,16,22-23H,3-4,9-10,14-15H2,1-2H3,(H2,27,28)/b12-11-. The van der Waals surface area contributed by atoms with E-state index in [-0.39, 0.29) is 18.1 Å². The fourth-order valence-electron chi connectivity index (χ4n) is 3.97. The number of nitrogens with zero attached hydrogens (tertiary/aromatic N) is 2. The molecule has 0 aromatic heterocycles. The molecule has 30 heavy (non-hydrogen) atoms. The van der Waals surface area contributed by atoms with Crippen molar-refractivity contribution in [1.82, 2.24) is 4.90 Å². The first kappa shape index (κ1) is 22.5. The molecule has 2 N–H and O–H groups in total. The fraction of sp³-hybridized carbons (Fsp3) is 0.360. The summed E-state index contributed by atoms with van der Waals surface area (Å²) in [6, 6.07) is 7.84. The van der Waals surface area contributed by atoms with Crippen molar-refractivity contribution in [3.63, 3.8) is 0 Å². The van der Waals surface area contributed by atoms with E-state index in [0.717, 1.165) is 39.5 Å². The lowest BCUT2D eigenvalue weighted by Crippen LogP contribution is -2.40. The normalized spacial score (nSPS) is 21.1. The summed E-state index contributed by atoms with van der Waals surface area (Å²) in [6.07, 6.45) is 9.08. The molecule has 0 bridgehead atoms. The number of aliphatic imine (C=N–C) groups is 1. The third-order valence-corrected chi connectivity index (χ3v) is 5.93. The van der Waals surface area contributed by atoms with E-state index in [2.05, 4.69) is 61.7 Å². The van der Waals surface area contributed by atoms with E-state index in [1.165, 1.54) is 5.57 Å². The number of fused-ring (bicyclic) bond motifs is 1. The molecule has 2 atom stereocenters.